The van der Waals surface area contributed by atoms with Gasteiger partial charge in [0.05, 0.1) is 12.1 Å². The number of fused-ring (bicyclic) bond motifs is 1. The van der Waals surface area contributed by atoms with Crippen molar-refractivity contribution >= 4 is 53.1 Å². The Labute approximate surface area is 174 Å². The molecular formula is C18H22Cl2N4O2S. The first-order valence-corrected chi connectivity index (χ1v) is 9.40. The molecule has 2 aromatic rings. The standard InChI is InChI=1S/C18H20N4O2S.2ClH/c23-16(20-8-12-3-4-13-9-19-10-14(13)6-12)7-15-11-25-18(21-15)22-5-1-2-17(22)24;;/h3-4,6,11,19H,1-2,5,7-10H2,(H,20,23);2*1H. The lowest BCUT2D eigenvalue weighted by atomic mass is 10.1. The molecular weight excluding hydrogens is 407 g/mol. The molecule has 0 spiro atoms. The molecule has 0 aliphatic carbocycles. The van der Waals surface area contributed by atoms with Crippen molar-refractivity contribution in [2.75, 3.05) is 11.4 Å². The highest BCUT2D eigenvalue weighted by molar-refractivity contribution is 7.14. The van der Waals surface area contributed by atoms with Crippen LogP contribution in [0.5, 0.6) is 0 Å². The highest BCUT2D eigenvalue weighted by Crippen LogP contribution is 2.25. The van der Waals surface area contributed by atoms with E-state index in [2.05, 4.69) is 33.8 Å². The van der Waals surface area contributed by atoms with Crippen molar-refractivity contribution in [1.82, 2.24) is 15.6 Å². The number of aromatic nitrogens is 1. The molecule has 2 aliphatic heterocycles. The number of nitrogens with zero attached hydrogens (tertiary/aromatic N) is 2. The highest BCUT2D eigenvalue weighted by atomic mass is 35.5. The van der Waals surface area contributed by atoms with Crippen molar-refractivity contribution in [1.29, 1.82) is 0 Å². The van der Waals surface area contributed by atoms with E-state index in [1.165, 1.54) is 22.5 Å². The van der Waals surface area contributed by atoms with Crippen LogP contribution < -0.4 is 15.5 Å². The zero-order valence-corrected chi connectivity index (χ0v) is 17.1. The van der Waals surface area contributed by atoms with E-state index in [0.29, 0.717) is 18.1 Å². The number of carbonyl (C=O) groups excluding carboxylic acids is 2. The molecule has 0 bridgehead atoms. The van der Waals surface area contributed by atoms with Gasteiger partial charge in [-0.05, 0) is 23.1 Å². The van der Waals surface area contributed by atoms with Crippen molar-refractivity contribution in [3.8, 4) is 0 Å². The zero-order chi connectivity index (χ0) is 17.2. The average molecular weight is 429 g/mol. The number of anilines is 1. The summed E-state index contributed by atoms with van der Waals surface area (Å²) in [6.45, 7) is 3.07. The molecule has 1 aromatic carbocycles. The molecule has 146 valence electrons. The van der Waals surface area contributed by atoms with Gasteiger partial charge < -0.3 is 10.6 Å². The van der Waals surface area contributed by atoms with Crippen molar-refractivity contribution in [2.24, 2.45) is 0 Å². The lowest BCUT2D eigenvalue weighted by molar-refractivity contribution is -0.120. The first kappa shape index (κ1) is 21.6. The van der Waals surface area contributed by atoms with Crippen LogP contribution in [0.1, 0.15) is 35.2 Å². The molecule has 2 N–H and O–H groups in total. The third-order valence-electron chi connectivity index (χ3n) is 4.58. The van der Waals surface area contributed by atoms with Crippen LogP contribution in [0.4, 0.5) is 5.13 Å². The molecule has 6 nitrogen and oxygen atoms in total. The first-order chi connectivity index (χ1) is 12.2. The molecule has 1 saturated heterocycles. The fourth-order valence-electron chi connectivity index (χ4n) is 3.24. The fraction of sp³-hybridized carbons (Fsp3) is 0.389. The number of hydrogen-bond acceptors (Lipinski definition) is 5. The van der Waals surface area contributed by atoms with Crippen LogP contribution in [0.3, 0.4) is 0 Å². The summed E-state index contributed by atoms with van der Waals surface area (Å²) in [5.74, 6) is 0.0691. The molecule has 2 aliphatic rings. The Morgan fingerprint density at radius 1 is 1.26 bits per heavy atom. The molecule has 0 unspecified atom stereocenters. The predicted octanol–water partition coefficient (Wildman–Crippen LogP) is 2.58. The van der Waals surface area contributed by atoms with Gasteiger partial charge in [-0.1, -0.05) is 18.2 Å². The molecule has 0 saturated carbocycles. The quantitative estimate of drug-likeness (QED) is 0.767. The highest BCUT2D eigenvalue weighted by Gasteiger charge is 2.24. The summed E-state index contributed by atoms with van der Waals surface area (Å²) in [7, 11) is 0. The number of benzene rings is 1. The molecule has 4 rings (SSSR count). The Hall–Kier alpha value is -1.67. The molecule has 2 amide bonds. The van der Waals surface area contributed by atoms with Crippen LogP contribution in [0.2, 0.25) is 0 Å². The van der Waals surface area contributed by atoms with E-state index in [4.69, 9.17) is 0 Å². The van der Waals surface area contributed by atoms with Crippen molar-refractivity contribution in [2.45, 2.75) is 38.9 Å². The lowest BCUT2D eigenvalue weighted by Gasteiger charge is -2.10. The SMILES string of the molecule is Cl.Cl.O=C(Cc1csc(N2CCCC2=O)n1)NCc1ccc2c(c1)CNC2. The van der Waals surface area contributed by atoms with Gasteiger partial charge in [0.1, 0.15) is 0 Å². The Morgan fingerprint density at radius 2 is 2.07 bits per heavy atom. The van der Waals surface area contributed by atoms with Gasteiger partial charge in [-0.15, -0.1) is 36.2 Å². The second-order valence-electron chi connectivity index (χ2n) is 6.43. The Bertz CT molecular complexity index is 827. The third-order valence-corrected chi connectivity index (χ3v) is 5.49. The van der Waals surface area contributed by atoms with Crippen molar-refractivity contribution < 1.29 is 9.59 Å². The smallest absolute Gasteiger partial charge is 0.228 e. The second-order valence-corrected chi connectivity index (χ2v) is 7.27. The summed E-state index contributed by atoms with van der Waals surface area (Å²) in [6.07, 6.45) is 1.71. The Morgan fingerprint density at radius 3 is 2.85 bits per heavy atom. The molecule has 1 fully saturated rings. The predicted molar refractivity (Wildman–Crippen MR) is 111 cm³/mol. The van der Waals surface area contributed by atoms with Gasteiger partial charge in [0.25, 0.3) is 0 Å². The monoisotopic (exact) mass is 428 g/mol. The molecule has 0 atom stereocenters. The van der Waals surface area contributed by atoms with E-state index in [-0.39, 0.29) is 43.0 Å². The second kappa shape index (κ2) is 9.50. The molecule has 0 radical (unpaired) electrons. The number of amides is 2. The van der Waals surface area contributed by atoms with E-state index >= 15 is 0 Å². The maximum atomic E-state index is 12.2. The van der Waals surface area contributed by atoms with Crippen LogP contribution in [0.25, 0.3) is 0 Å². The van der Waals surface area contributed by atoms with E-state index < -0.39 is 0 Å². The molecule has 1 aromatic heterocycles. The minimum Gasteiger partial charge on any atom is -0.352 e. The number of nitrogens with one attached hydrogen (secondary N) is 2. The van der Waals surface area contributed by atoms with Gasteiger partial charge in [0.15, 0.2) is 5.13 Å². The van der Waals surface area contributed by atoms with E-state index in [1.807, 2.05) is 5.38 Å². The van der Waals surface area contributed by atoms with Crippen LogP contribution in [-0.2, 0) is 35.6 Å². The van der Waals surface area contributed by atoms with Gasteiger partial charge in [-0.25, -0.2) is 4.98 Å². The van der Waals surface area contributed by atoms with Gasteiger partial charge in [-0.3, -0.25) is 14.5 Å². The number of halogens is 2. The summed E-state index contributed by atoms with van der Waals surface area (Å²) in [5.41, 5.74) is 4.47. The number of thiazole rings is 1. The van der Waals surface area contributed by atoms with E-state index in [0.717, 1.165) is 37.3 Å². The maximum absolute atomic E-state index is 12.2. The third kappa shape index (κ3) is 4.99. The van der Waals surface area contributed by atoms with Crippen LogP contribution in [0.15, 0.2) is 23.6 Å². The minimum absolute atomic E-state index is 0. The maximum Gasteiger partial charge on any atom is 0.228 e. The number of hydrogen-bond donors (Lipinski definition) is 2. The molecule has 3 heterocycles. The number of rotatable bonds is 5. The van der Waals surface area contributed by atoms with Crippen LogP contribution in [0, 0.1) is 0 Å². The largest absolute Gasteiger partial charge is 0.352 e. The summed E-state index contributed by atoms with van der Waals surface area (Å²) in [6, 6.07) is 6.33. The average Bonchev–Trinajstić information content (AvgIpc) is 3.33. The lowest BCUT2D eigenvalue weighted by Crippen LogP contribution is -2.25. The minimum atomic E-state index is -0.0526. The molecule has 27 heavy (non-hydrogen) atoms. The summed E-state index contributed by atoms with van der Waals surface area (Å²) >= 11 is 1.43. The zero-order valence-electron chi connectivity index (χ0n) is 14.7. The van der Waals surface area contributed by atoms with Crippen molar-refractivity contribution in [3.05, 3.63) is 46.0 Å². The van der Waals surface area contributed by atoms with Gasteiger partial charge in [0.2, 0.25) is 11.8 Å². The van der Waals surface area contributed by atoms with Crippen molar-refractivity contribution in [3.63, 3.8) is 0 Å². The normalized spacial score (nSPS) is 15.1. The van der Waals surface area contributed by atoms with E-state index in [1.54, 1.807) is 4.90 Å². The first-order valence-electron chi connectivity index (χ1n) is 8.52. The fourth-order valence-corrected chi connectivity index (χ4v) is 4.11. The Kier molecular flexibility index (Phi) is 7.61. The van der Waals surface area contributed by atoms with E-state index in [9.17, 15) is 9.59 Å². The Balaban J connectivity index is 0.00000131. The topological polar surface area (TPSA) is 74.3 Å². The molecule has 9 heteroatoms. The van der Waals surface area contributed by atoms with Crippen LogP contribution >= 0.6 is 36.2 Å². The summed E-state index contributed by atoms with van der Waals surface area (Å²) in [4.78, 5) is 30.1. The number of carbonyl (C=O) groups is 2. The summed E-state index contributed by atoms with van der Waals surface area (Å²) < 4.78 is 0. The summed E-state index contributed by atoms with van der Waals surface area (Å²) in [5, 5.41) is 8.84. The van der Waals surface area contributed by atoms with Gasteiger partial charge in [0, 0.05) is 38.0 Å². The van der Waals surface area contributed by atoms with Gasteiger partial charge in [-0.2, -0.15) is 0 Å². The van der Waals surface area contributed by atoms with Crippen LogP contribution in [-0.4, -0.2) is 23.3 Å². The van der Waals surface area contributed by atoms with Gasteiger partial charge >= 0.3 is 0 Å².